The van der Waals surface area contributed by atoms with Crippen LogP contribution < -0.4 is 0 Å². The van der Waals surface area contributed by atoms with E-state index in [0.717, 1.165) is 38.5 Å². The number of halogens is 4. The van der Waals surface area contributed by atoms with Crippen molar-refractivity contribution in [3.8, 4) is 0 Å². The lowest BCUT2D eigenvalue weighted by Gasteiger charge is -2.42. The van der Waals surface area contributed by atoms with E-state index in [2.05, 4.69) is 0 Å². The van der Waals surface area contributed by atoms with Crippen molar-refractivity contribution in [3.05, 3.63) is 0 Å². The zero-order chi connectivity index (χ0) is 20.7. The molecule has 0 radical (unpaired) electrons. The molecule has 2 rings (SSSR count). The highest BCUT2D eigenvalue weighted by Gasteiger charge is 2.44. The summed E-state index contributed by atoms with van der Waals surface area (Å²) in [6, 6.07) is 0. The first-order chi connectivity index (χ1) is 12.8. The Balaban J connectivity index is 0.00000176. The molecule has 0 aromatic heterocycles. The highest BCUT2D eigenvalue weighted by molar-refractivity contribution is 4.93. The van der Waals surface area contributed by atoms with E-state index in [1.807, 2.05) is 20.8 Å². The van der Waals surface area contributed by atoms with Crippen LogP contribution in [0.2, 0.25) is 0 Å². The van der Waals surface area contributed by atoms with Crippen molar-refractivity contribution in [1.82, 2.24) is 0 Å². The van der Waals surface area contributed by atoms with E-state index in [-0.39, 0.29) is 35.5 Å². The summed E-state index contributed by atoms with van der Waals surface area (Å²) in [5.74, 6) is -0.540. The lowest BCUT2D eigenvalue weighted by molar-refractivity contribution is -0.0163. The van der Waals surface area contributed by atoms with Crippen molar-refractivity contribution in [2.45, 2.75) is 111 Å². The molecule has 2 aliphatic carbocycles. The second-order valence-electron chi connectivity index (χ2n) is 8.99. The standard InChI is InChI=1S/C21H36F4.C2H6/c1-5-16(20(24)18(22)12(2)3)14-7-9-15(10-8-14)17-11-6-13(4)19(23)21(17)25;1-2/h12-21H,5-11H2,1-4H3;1-2H3. The quantitative estimate of drug-likeness (QED) is 0.402. The van der Waals surface area contributed by atoms with E-state index in [4.69, 9.17) is 0 Å². The van der Waals surface area contributed by atoms with Crippen molar-refractivity contribution in [3.63, 3.8) is 0 Å². The highest BCUT2D eigenvalue weighted by atomic mass is 19.2. The van der Waals surface area contributed by atoms with Crippen LogP contribution >= 0.6 is 0 Å². The van der Waals surface area contributed by atoms with Crippen LogP contribution in [-0.4, -0.2) is 24.7 Å². The molecule has 162 valence electrons. The van der Waals surface area contributed by atoms with Crippen LogP contribution in [0, 0.1) is 35.5 Å². The molecule has 0 saturated heterocycles. The Labute approximate surface area is 164 Å². The summed E-state index contributed by atoms with van der Waals surface area (Å²) in [4.78, 5) is 0. The van der Waals surface area contributed by atoms with E-state index in [1.54, 1.807) is 20.8 Å². The Morgan fingerprint density at radius 3 is 1.85 bits per heavy atom. The van der Waals surface area contributed by atoms with Gasteiger partial charge in [0.05, 0.1) is 0 Å². The third-order valence-electron chi connectivity index (χ3n) is 7.06. The van der Waals surface area contributed by atoms with Gasteiger partial charge in [-0.15, -0.1) is 0 Å². The summed E-state index contributed by atoms with van der Waals surface area (Å²) in [5.41, 5.74) is 0. The van der Waals surface area contributed by atoms with Crippen LogP contribution in [0.15, 0.2) is 0 Å². The first kappa shape index (κ1) is 24.8. The Bertz CT molecular complexity index is 392. The summed E-state index contributed by atoms with van der Waals surface area (Å²) >= 11 is 0. The van der Waals surface area contributed by atoms with Gasteiger partial charge in [-0.1, -0.05) is 48.0 Å². The molecular weight excluding hydrogens is 352 g/mol. The molecule has 0 aromatic carbocycles. The highest BCUT2D eigenvalue weighted by Crippen LogP contribution is 2.46. The van der Waals surface area contributed by atoms with Gasteiger partial charge in [0.2, 0.25) is 0 Å². The predicted octanol–water partition coefficient (Wildman–Crippen LogP) is 7.90. The lowest BCUT2D eigenvalue weighted by atomic mass is 9.65. The lowest BCUT2D eigenvalue weighted by Crippen LogP contribution is -2.42. The maximum atomic E-state index is 14.6. The summed E-state index contributed by atoms with van der Waals surface area (Å²) in [5, 5.41) is 0. The molecule has 7 atom stereocenters. The van der Waals surface area contributed by atoms with E-state index in [0.29, 0.717) is 6.42 Å². The van der Waals surface area contributed by atoms with E-state index < -0.39 is 24.7 Å². The molecule has 2 aliphatic rings. The van der Waals surface area contributed by atoms with Gasteiger partial charge in [0.25, 0.3) is 0 Å². The van der Waals surface area contributed by atoms with Crippen molar-refractivity contribution in [2.24, 2.45) is 35.5 Å². The zero-order valence-electron chi connectivity index (χ0n) is 18.2. The molecule has 27 heavy (non-hydrogen) atoms. The van der Waals surface area contributed by atoms with Crippen molar-refractivity contribution in [2.75, 3.05) is 0 Å². The van der Waals surface area contributed by atoms with Crippen LogP contribution in [0.1, 0.15) is 86.5 Å². The average Bonchev–Trinajstić information content (AvgIpc) is 2.68. The van der Waals surface area contributed by atoms with Gasteiger partial charge in [0.15, 0.2) is 0 Å². The largest absolute Gasteiger partial charge is 0.244 e. The van der Waals surface area contributed by atoms with Gasteiger partial charge < -0.3 is 0 Å². The number of hydrogen-bond acceptors (Lipinski definition) is 0. The molecule has 0 aromatic rings. The molecule has 0 aliphatic heterocycles. The van der Waals surface area contributed by atoms with E-state index in [1.165, 1.54) is 0 Å². The molecule has 4 heteroatoms. The summed E-state index contributed by atoms with van der Waals surface area (Å²) in [6.07, 6.45) is -0.0361. The number of alkyl halides is 4. The van der Waals surface area contributed by atoms with Crippen molar-refractivity contribution >= 4 is 0 Å². The van der Waals surface area contributed by atoms with Gasteiger partial charge in [0, 0.05) is 0 Å². The fourth-order valence-electron chi connectivity index (χ4n) is 5.24. The van der Waals surface area contributed by atoms with Crippen LogP contribution in [-0.2, 0) is 0 Å². The molecule has 0 amide bonds. The predicted molar refractivity (Wildman–Crippen MR) is 107 cm³/mol. The number of hydrogen-bond donors (Lipinski definition) is 0. The topological polar surface area (TPSA) is 0 Å². The minimum absolute atomic E-state index is 0.176. The molecule has 0 bridgehead atoms. The molecule has 0 spiro atoms. The van der Waals surface area contributed by atoms with Crippen LogP contribution in [0.3, 0.4) is 0 Å². The molecule has 0 heterocycles. The summed E-state index contributed by atoms with van der Waals surface area (Å²) in [6.45, 7) is 11.2. The Morgan fingerprint density at radius 1 is 0.815 bits per heavy atom. The van der Waals surface area contributed by atoms with Crippen LogP contribution in [0.25, 0.3) is 0 Å². The minimum Gasteiger partial charge on any atom is -0.244 e. The van der Waals surface area contributed by atoms with Crippen molar-refractivity contribution < 1.29 is 17.6 Å². The second-order valence-corrected chi connectivity index (χ2v) is 8.99. The minimum atomic E-state index is -1.41. The smallest absolute Gasteiger partial charge is 0.134 e. The average molecular weight is 395 g/mol. The Morgan fingerprint density at radius 2 is 1.37 bits per heavy atom. The third-order valence-corrected chi connectivity index (χ3v) is 7.06. The summed E-state index contributed by atoms with van der Waals surface area (Å²) < 4.78 is 57.2. The second kappa shape index (κ2) is 11.7. The fourth-order valence-corrected chi connectivity index (χ4v) is 5.24. The monoisotopic (exact) mass is 394 g/mol. The molecule has 0 nitrogen and oxygen atoms in total. The van der Waals surface area contributed by atoms with E-state index >= 15 is 0 Å². The van der Waals surface area contributed by atoms with Gasteiger partial charge in [-0.25, -0.2) is 17.6 Å². The Hall–Kier alpha value is -0.280. The van der Waals surface area contributed by atoms with Gasteiger partial charge in [-0.3, -0.25) is 0 Å². The number of rotatable bonds is 6. The summed E-state index contributed by atoms with van der Waals surface area (Å²) in [7, 11) is 0. The SMILES string of the molecule is CC.CCC(C1CCC(C2CCC(C)C(F)C2F)CC1)C(F)C(F)C(C)C. The van der Waals surface area contributed by atoms with Gasteiger partial charge >= 0.3 is 0 Å². The van der Waals surface area contributed by atoms with Gasteiger partial charge in [0.1, 0.15) is 24.7 Å². The zero-order valence-corrected chi connectivity index (χ0v) is 18.2. The Kier molecular flexibility index (Phi) is 10.7. The fraction of sp³-hybridized carbons (Fsp3) is 1.00. The molecule has 2 saturated carbocycles. The van der Waals surface area contributed by atoms with Gasteiger partial charge in [-0.05, 0) is 74.0 Å². The normalized spacial score (nSPS) is 37.9. The van der Waals surface area contributed by atoms with Crippen molar-refractivity contribution in [1.29, 1.82) is 0 Å². The maximum Gasteiger partial charge on any atom is 0.134 e. The molecule has 7 unspecified atom stereocenters. The van der Waals surface area contributed by atoms with E-state index in [9.17, 15) is 17.6 Å². The first-order valence-electron chi connectivity index (χ1n) is 11.3. The first-order valence-corrected chi connectivity index (χ1v) is 11.3. The molecule has 0 N–H and O–H groups in total. The molecular formula is C23H42F4. The molecule has 2 fully saturated rings. The van der Waals surface area contributed by atoms with Crippen LogP contribution in [0.5, 0.6) is 0 Å². The maximum absolute atomic E-state index is 14.6. The third kappa shape index (κ3) is 6.10. The van der Waals surface area contributed by atoms with Crippen LogP contribution in [0.4, 0.5) is 17.6 Å². The van der Waals surface area contributed by atoms with Gasteiger partial charge in [-0.2, -0.15) is 0 Å².